The van der Waals surface area contributed by atoms with E-state index in [0.29, 0.717) is 25.7 Å². The molecule has 7 atom stereocenters. The summed E-state index contributed by atoms with van der Waals surface area (Å²) in [5.41, 5.74) is -1.26. The Bertz CT molecular complexity index is 762. The molecule has 2 heterocycles. The first-order valence-corrected chi connectivity index (χ1v) is 12.4. The maximum Gasteiger partial charge on any atom is 0.309 e. The van der Waals surface area contributed by atoms with E-state index in [1.807, 2.05) is 27.7 Å². The van der Waals surface area contributed by atoms with E-state index in [2.05, 4.69) is 19.1 Å². The predicted molar refractivity (Wildman–Crippen MR) is 122 cm³/mol. The van der Waals surface area contributed by atoms with Crippen LogP contribution in [0.1, 0.15) is 79.6 Å². The van der Waals surface area contributed by atoms with Crippen molar-refractivity contribution in [3.8, 4) is 0 Å². The molecule has 0 aromatic heterocycles. The van der Waals surface area contributed by atoms with E-state index in [-0.39, 0.29) is 61.0 Å². The Kier molecular flexibility index (Phi) is 8.38. The Balaban J connectivity index is 1.45. The molecular formula is C26H40O7. The van der Waals surface area contributed by atoms with Crippen molar-refractivity contribution in [2.24, 2.45) is 23.7 Å². The Morgan fingerprint density at radius 3 is 2.55 bits per heavy atom. The zero-order valence-electron chi connectivity index (χ0n) is 20.8. The number of rotatable bonds is 10. The summed E-state index contributed by atoms with van der Waals surface area (Å²) in [4.78, 5) is 36.5. The molecule has 0 aromatic carbocycles. The number of allylic oxidation sites excluding steroid dienone is 2. The summed E-state index contributed by atoms with van der Waals surface area (Å²) in [7, 11) is 0. The number of ether oxygens (including phenoxy) is 4. The van der Waals surface area contributed by atoms with Gasteiger partial charge in [-0.25, -0.2) is 0 Å². The minimum Gasteiger partial charge on any atom is -0.463 e. The summed E-state index contributed by atoms with van der Waals surface area (Å²) < 4.78 is 23.2. The monoisotopic (exact) mass is 464 g/mol. The quantitative estimate of drug-likeness (QED) is 0.350. The molecule has 0 N–H and O–H groups in total. The molecule has 0 spiro atoms. The summed E-state index contributed by atoms with van der Waals surface area (Å²) in [5.74, 6) is -0.242. The third-order valence-electron chi connectivity index (χ3n) is 7.16. The lowest BCUT2D eigenvalue weighted by Crippen LogP contribution is -2.36. The predicted octanol–water partition coefficient (Wildman–Crippen LogP) is 4.37. The molecular weight excluding hydrogens is 424 g/mol. The molecule has 0 bridgehead atoms. The second-order valence-electron chi connectivity index (χ2n) is 10.8. The SMILES string of the molecule is CC/C=C\C[C@H]1C(=O)CC[C@@H]1CC(=O)OC[C@@]1(C)C[C@H](C)[C@@H](OC[C@@]2(C)C[C@H](C)C(=O)O2)O1. The zero-order chi connectivity index (χ0) is 24.2. The highest BCUT2D eigenvalue weighted by molar-refractivity contribution is 5.84. The van der Waals surface area contributed by atoms with E-state index in [4.69, 9.17) is 18.9 Å². The highest BCUT2D eigenvalue weighted by Crippen LogP contribution is 2.38. The molecule has 2 saturated heterocycles. The van der Waals surface area contributed by atoms with E-state index in [0.717, 1.165) is 12.8 Å². The molecule has 0 aromatic rings. The normalized spacial score (nSPS) is 38.9. The van der Waals surface area contributed by atoms with Crippen LogP contribution in [0.5, 0.6) is 0 Å². The van der Waals surface area contributed by atoms with Crippen LogP contribution in [0.15, 0.2) is 12.2 Å². The van der Waals surface area contributed by atoms with Crippen LogP contribution in [-0.2, 0) is 33.3 Å². The lowest BCUT2D eigenvalue weighted by molar-refractivity contribution is -0.208. The lowest BCUT2D eigenvalue weighted by Gasteiger charge is -2.27. The van der Waals surface area contributed by atoms with Crippen LogP contribution in [0, 0.1) is 23.7 Å². The van der Waals surface area contributed by atoms with Gasteiger partial charge >= 0.3 is 11.9 Å². The standard InChI is InChI=1S/C26H40O7/c1-6-7-8-9-20-19(10-11-21(20)27)12-22(28)30-15-26(5)14-18(3)24(33-26)31-16-25(4)13-17(2)23(29)32-25/h7-8,17-20,24H,6,9-16H2,1-5H3/b8-7-/t17-,18-,19+,20+,24-,25+,26+/m0/s1. The van der Waals surface area contributed by atoms with E-state index in [1.165, 1.54) is 0 Å². The number of carbonyl (C=O) groups excluding carboxylic acids is 3. The van der Waals surface area contributed by atoms with Crippen molar-refractivity contribution in [2.75, 3.05) is 13.2 Å². The first-order chi connectivity index (χ1) is 15.5. The Morgan fingerprint density at radius 2 is 1.88 bits per heavy atom. The fourth-order valence-electron chi connectivity index (χ4n) is 5.44. The van der Waals surface area contributed by atoms with Gasteiger partial charge in [-0.15, -0.1) is 0 Å². The molecule has 1 aliphatic carbocycles. The fourth-order valence-corrected chi connectivity index (χ4v) is 5.44. The second-order valence-corrected chi connectivity index (χ2v) is 10.8. The van der Waals surface area contributed by atoms with Crippen molar-refractivity contribution in [1.82, 2.24) is 0 Å². The molecule has 2 aliphatic heterocycles. The molecule has 0 unspecified atom stereocenters. The van der Waals surface area contributed by atoms with Crippen LogP contribution in [0.25, 0.3) is 0 Å². The van der Waals surface area contributed by atoms with Crippen molar-refractivity contribution in [3.05, 3.63) is 12.2 Å². The number of hydrogen-bond acceptors (Lipinski definition) is 7. The van der Waals surface area contributed by atoms with E-state index in [1.54, 1.807) is 0 Å². The topological polar surface area (TPSA) is 88.1 Å². The van der Waals surface area contributed by atoms with Crippen LogP contribution in [0.2, 0.25) is 0 Å². The summed E-state index contributed by atoms with van der Waals surface area (Å²) >= 11 is 0. The Labute approximate surface area is 197 Å². The van der Waals surface area contributed by atoms with E-state index in [9.17, 15) is 14.4 Å². The van der Waals surface area contributed by atoms with E-state index < -0.39 is 17.5 Å². The molecule has 33 heavy (non-hydrogen) atoms. The summed E-state index contributed by atoms with van der Waals surface area (Å²) in [6.07, 6.45) is 8.21. The van der Waals surface area contributed by atoms with Gasteiger partial charge < -0.3 is 18.9 Å². The van der Waals surface area contributed by atoms with Gasteiger partial charge in [-0.3, -0.25) is 14.4 Å². The van der Waals surface area contributed by atoms with Crippen molar-refractivity contribution in [3.63, 3.8) is 0 Å². The summed E-state index contributed by atoms with van der Waals surface area (Å²) in [6, 6.07) is 0. The summed E-state index contributed by atoms with van der Waals surface area (Å²) in [5, 5.41) is 0. The van der Waals surface area contributed by atoms with Crippen LogP contribution in [0.3, 0.4) is 0 Å². The molecule has 1 saturated carbocycles. The van der Waals surface area contributed by atoms with Gasteiger partial charge in [0, 0.05) is 31.1 Å². The molecule has 3 aliphatic rings. The minimum atomic E-state index is -0.632. The smallest absolute Gasteiger partial charge is 0.309 e. The third kappa shape index (κ3) is 6.66. The zero-order valence-corrected chi connectivity index (χ0v) is 20.8. The number of Topliss-reactive ketones (excluding diaryl/α,β-unsaturated/α-hetero) is 1. The third-order valence-corrected chi connectivity index (χ3v) is 7.16. The minimum absolute atomic E-state index is 0.0519. The largest absolute Gasteiger partial charge is 0.463 e. The molecule has 0 amide bonds. The second kappa shape index (κ2) is 10.7. The van der Waals surface area contributed by atoms with Gasteiger partial charge in [0.1, 0.15) is 23.6 Å². The van der Waals surface area contributed by atoms with Crippen molar-refractivity contribution in [2.45, 2.75) is 97.1 Å². The van der Waals surface area contributed by atoms with Gasteiger partial charge in [0.2, 0.25) is 0 Å². The molecule has 3 rings (SSSR count). The van der Waals surface area contributed by atoms with Crippen LogP contribution >= 0.6 is 0 Å². The average Bonchev–Trinajstić information content (AvgIpc) is 3.33. The van der Waals surface area contributed by atoms with Gasteiger partial charge in [0.05, 0.1) is 12.5 Å². The van der Waals surface area contributed by atoms with Crippen LogP contribution in [-0.4, -0.2) is 48.4 Å². The first kappa shape index (κ1) is 25.9. The molecule has 7 nitrogen and oxygen atoms in total. The number of ketones is 1. The average molecular weight is 465 g/mol. The van der Waals surface area contributed by atoms with Gasteiger partial charge in [0.15, 0.2) is 6.29 Å². The molecule has 186 valence electrons. The highest BCUT2D eigenvalue weighted by atomic mass is 16.7. The number of cyclic esters (lactones) is 1. The summed E-state index contributed by atoms with van der Waals surface area (Å²) in [6.45, 7) is 10.2. The van der Waals surface area contributed by atoms with Gasteiger partial charge in [-0.1, -0.05) is 32.9 Å². The number of esters is 2. The molecule has 0 radical (unpaired) electrons. The van der Waals surface area contributed by atoms with Gasteiger partial charge in [-0.05, 0) is 45.4 Å². The van der Waals surface area contributed by atoms with E-state index >= 15 is 0 Å². The van der Waals surface area contributed by atoms with Crippen molar-refractivity contribution < 1.29 is 33.3 Å². The van der Waals surface area contributed by atoms with Crippen LogP contribution in [0.4, 0.5) is 0 Å². The maximum absolute atomic E-state index is 12.6. The van der Waals surface area contributed by atoms with Gasteiger partial charge in [0.25, 0.3) is 0 Å². The highest BCUT2D eigenvalue weighted by Gasteiger charge is 2.46. The molecule has 3 fully saturated rings. The Morgan fingerprint density at radius 1 is 1.12 bits per heavy atom. The number of carbonyl (C=O) groups is 3. The van der Waals surface area contributed by atoms with Gasteiger partial charge in [-0.2, -0.15) is 0 Å². The fraction of sp³-hybridized carbons (Fsp3) is 0.808. The molecule has 7 heteroatoms. The lowest BCUT2D eigenvalue weighted by atomic mass is 9.89. The van der Waals surface area contributed by atoms with Crippen molar-refractivity contribution >= 4 is 17.7 Å². The van der Waals surface area contributed by atoms with Crippen molar-refractivity contribution in [1.29, 1.82) is 0 Å². The first-order valence-electron chi connectivity index (χ1n) is 12.4. The van der Waals surface area contributed by atoms with Crippen LogP contribution < -0.4 is 0 Å². The maximum atomic E-state index is 12.6. The Hall–Kier alpha value is -1.73. The number of hydrogen-bond donors (Lipinski definition) is 0.